The van der Waals surface area contributed by atoms with Gasteiger partial charge in [0.05, 0.1) is 0 Å². The second-order valence-electron chi connectivity index (χ2n) is 6.78. The third-order valence-electron chi connectivity index (χ3n) is 4.85. The summed E-state index contributed by atoms with van der Waals surface area (Å²) in [6.07, 6.45) is 0. The van der Waals surface area contributed by atoms with Gasteiger partial charge in [0, 0.05) is 11.4 Å². The van der Waals surface area contributed by atoms with Crippen LogP contribution in [0.2, 0.25) is 0 Å². The summed E-state index contributed by atoms with van der Waals surface area (Å²) in [7, 11) is 0.822. The Morgan fingerprint density at radius 1 is 0.519 bits per heavy atom. The zero-order valence-electron chi connectivity index (χ0n) is 15.1. The average molecular weight is 348 g/mol. The molecular weight excluding hydrogens is 327 g/mol. The van der Waals surface area contributed by atoms with E-state index in [0.29, 0.717) is 0 Å². The molecule has 2 nitrogen and oxygen atoms in total. The summed E-state index contributed by atoms with van der Waals surface area (Å²) in [5, 5.41) is 0. The Labute approximate surface area is 160 Å². The first-order chi connectivity index (χ1) is 13.2. The Bertz CT molecular complexity index is 1040. The minimum absolute atomic E-state index is 0.782. The molecule has 4 aromatic carbocycles. The standard InChI is InChI=1S/C24H21BN2/c26-22-13-8-19(9-14-22)18-6-11-21(12-7-18)25-23-15-10-20(16-24(23)27)17-4-2-1-3-5-17/h1-16,25H,26-27H2. The number of hydrogen-bond donors (Lipinski definition) is 2. The third-order valence-corrected chi connectivity index (χ3v) is 4.85. The molecule has 3 heteroatoms. The van der Waals surface area contributed by atoms with Gasteiger partial charge >= 0.3 is 0 Å². The lowest BCUT2D eigenvalue weighted by atomic mass is 9.63. The smallest absolute Gasteiger partial charge is 0.194 e. The first kappa shape index (κ1) is 17.0. The summed E-state index contributed by atoms with van der Waals surface area (Å²) in [5.41, 5.74) is 20.8. The fourth-order valence-electron chi connectivity index (χ4n) is 3.28. The molecule has 130 valence electrons. The third kappa shape index (κ3) is 3.88. The van der Waals surface area contributed by atoms with Gasteiger partial charge in [0.2, 0.25) is 0 Å². The number of nitrogens with two attached hydrogens (primary N) is 2. The minimum atomic E-state index is 0.782. The van der Waals surface area contributed by atoms with Crippen LogP contribution in [0.4, 0.5) is 11.4 Å². The highest BCUT2D eigenvalue weighted by molar-refractivity contribution is 6.68. The van der Waals surface area contributed by atoms with Crippen molar-refractivity contribution in [3.05, 3.63) is 97.1 Å². The molecule has 0 radical (unpaired) electrons. The van der Waals surface area contributed by atoms with Crippen LogP contribution in [0.15, 0.2) is 97.1 Å². The van der Waals surface area contributed by atoms with E-state index in [-0.39, 0.29) is 0 Å². The number of nitrogen functional groups attached to an aromatic ring is 2. The molecule has 0 aliphatic carbocycles. The molecule has 0 aliphatic rings. The molecule has 4 aromatic rings. The molecular formula is C24H21BN2. The summed E-state index contributed by atoms with van der Waals surface area (Å²) in [4.78, 5) is 0. The van der Waals surface area contributed by atoms with Crippen LogP contribution in [0.5, 0.6) is 0 Å². The normalized spacial score (nSPS) is 10.5. The van der Waals surface area contributed by atoms with E-state index in [1.54, 1.807) is 0 Å². The first-order valence-electron chi connectivity index (χ1n) is 9.08. The van der Waals surface area contributed by atoms with E-state index in [1.165, 1.54) is 22.2 Å². The van der Waals surface area contributed by atoms with Crippen LogP contribution >= 0.6 is 0 Å². The summed E-state index contributed by atoms with van der Waals surface area (Å²) >= 11 is 0. The van der Waals surface area contributed by atoms with Gasteiger partial charge in [-0.05, 0) is 40.5 Å². The minimum Gasteiger partial charge on any atom is -0.399 e. The van der Waals surface area contributed by atoms with Crippen molar-refractivity contribution >= 4 is 29.6 Å². The maximum absolute atomic E-state index is 6.33. The highest BCUT2D eigenvalue weighted by Gasteiger charge is 2.06. The lowest BCUT2D eigenvalue weighted by Crippen LogP contribution is -2.29. The molecule has 0 heterocycles. The van der Waals surface area contributed by atoms with Crippen LogP contribution in [-0.4, -0.2) is 7.28 Å². The van der Waals surface area contributed by atoms with Crippen molar-refractivity contribution in [1.29, 1.82) is 0 Å². The number of rotatable bonds is 4. The fourth-order valence-corrected chi connectivity index (χ4v) is 3.28. The highest BCUT2D eigenvalue weighted by atomic mass is 14.5. The SMILES string of the molecule is Nc1ccc(-c2ccc(Bc3ccc(-c4ccccc4)cc3N)cc2)cc1. The molecule has 0 unspecified atom stereocenters. The van der Waals surface area contributed by atoms with Crippen LogP contribution in [0, 0.1) is 0 Å². The largest absolute Gasteiger partial charge is 0.399 e. The van der Waals surface area contributed by atoms with Gasteiger partial charge in [-0.2, -0.15) is 0 Å². The Hall–Kier alpha value is -3.46. The summed E-state index contributed by atoms with van der Waals surface area (Å²) in [5.74, 6) is 0. The zero-order chi connectivity index (χ0) is 18.6. The van der Waals surface area contributed by atoms with Crippen molar-refractivity contribution in [2.45, 2.75) is 0 Å². The molecule has 4 N–H and O–H groups in total. The Kier molecular flexibility index (Phi) is 4.67. The molecule has 4 rings (SSSR count). The van der Waals surface area contributed by atoms with Crippen LogP contribution < -0.4 is 22.4 Å². The van der Waals surface area contributed by atoms with Crippen molar-refractivity contribution in [3.63, 3.8) is 0 Å². The summed E-state index contributed by atoms with van der Waals surface area (Å²) in [6, 6.07) is 33.2. The van der Waals surface area contributed by atoms with Crippen LogP contribution in [0.3, 0.4) is 0 Å². The molecule has 0 saturated carbocycles. The Morgan fingerprint density at radius 2 is 1.07 bits per heavy atom. The highest BCUT2D eigenvalue weighted by Crippen LogP contribution is 2.21. The van der Waals surface area contributed by atoms with Crippen molar-refractivity contribution in [2.24, 2.45) is 0 Å². The maximum atomic E-state index is 6.33. The molecule has 0 spiro atoms. The second-order valence-corrected chi connectivity index (χ2v) is 6.78. The number of hydrogen-bond acceptors (Lipinski definition) is 2. The molecule has 0 saturated heterocycles. The molecule has 0 bridgehead atoms. The molecule has 0 atom stereocenters. The zero-order valence-corrected chi connectivity index (χ0v) is 15.1. The monoisotopic (exact) mass is 348 g/mol. The van der Waals surface area contributed by atoms with Gasteiger partial charge in [-0.25, -0.2) is 0 Å². The predicted octanol–water partition coefficient (Wildman–Crippen LogP) is 3.57. The van der Waals surface area contributed by atoms with Crippen LogP contribution in [0.25, 0.3) is 22.3 Å². The van der Waals surface area contributed by atoms with E-state index in [4.69, 9.17) is 11.5 Å². The lowest BCUT2D eigenvalue weighted by Gasteiger charge is -2.09. The second kappa shape index (κ2) is 7.42. The van der Waals surface area contributed by atoms with Crippen molar-refractivity contribution in [3.8, 4) is 22.3 Å². The Balaban J connectivity index is 1.53. The van der Waals surface area contributed by atoms with E-state index < -0.39 is 0 Å². The van der Waals surface area contributed by atoms with Crippen molar-refractivity contribution in [2.75, 3.05) is 11.5 Å². The van der Waals surface area contributed by atoms with Gasteiger partial charge in [-0.1, -0.05) is 89.8 Å². The van der Waals surface area contributed by atoms with Crippen LogP contribution in [-0.2, 0) is 0 Å². The number of benzene rings is 4. The van der Waals surface area contributed by atoms with E-state index >= 15 is 0 Å². The topological polar surface area (TPSA) is 52.0 Å². The number of anilines is 2. The quantitative estimate of drug-likeness (QED) is 0.438. The predicted molar refractivity (Wildman–Crippen MR) is 119 cm³/mol. The van der Waals surface area contributed by atoms with E-state index in [9.17, 15) is 0 Å². The maximum Gasteiger partial charge on any atom is 0.194 e. The molecule has 0 fully saturated rings. The van der Waals surface area contributed by atoms with E-state index in [2.05, 4.69) is 54.6 Å². The van der Waals surface area contributed by atoms with Gasteiger partial charge in [-0.3, -0.25) is 0 Å². The molecule has 0 aliphatic heterocycles. The van der Waals surface area contributed by atoms with Gasteiger partial charge in [0.1, 0.15) is 0 Å². The van der Waals surface area contributed by atoms with Crippen molar-refractivity contribution < 1.29 is 0 Å². The average Bonchev–Trinajstić information content (AvgIpc) is 2.71. The molecule has 0 amide bonds. The van der Waals surface area contributed by atoms with Gasteiger partial charge in [0.15, 0.2) is 7.28 Å². The van der Waals surface area contributed by atoms with E-state index in [1.807, 2.05) is 42.5 Å². The summed E-state index contributed by atoms with van der Waals surface area (Å²) in [6.45, 7) is 0. The van der Waals surface area contributed by atoms with Gasteiger partial charge < -0.3 is 11.5 Å². The molecule has 27 heavy (non-hydrogen) atoms. The molecule has 0 aromatic heterocycles. The summed E-state index contributed by atoms with van der Waals surface area (Å²) < 4.78 is 0. The first-order valence-corrected chi connectivity index (χ1v) is 9.08. The van der Waals surface area contributed by atoms with Crippen LogP contribution in [0.1, 0.15) is 0 Å². The fraction of sp³-hybridized carbons (Fsp3) is 0. The Morgan fingerprint density at radius 3 is 1.70 bits per heavy atom. The van der Waals surface area contributed by atoms with Gasteiger partial charge in [0.25, 0.3) is 0 Å². The lowest BCUT2D eigenvalue weighted by molar-refractivity contribution is 1.62. The van der Waals surface area contributed by atoms with E-state index in [0.717, 1.165) is 29.7 Å². The van der Waals surface area contributed by atoms with Gasteiger partial charge in [-0.15, -0.1) is 0 Å². The van der Waals surface area contributed by atoms with Crippen molar-refractivity contribution in [1.82, 2.24) is 0 Å².